The summed E-state index contributed by atoms with van der Waals surface area (Å²) in [6.07, 6.45) is 2.39. The SMILES string of the molecule is NC1C(=O)Nc2cc(N3CCCC3)c(Cl)cc21. The van der Waals surface area contributed by atoms with Gasteiger partial charge in [0.1, 0.15) is 6.04 Å². The Morgan fingerprint density at radius 2 is 2.06 bits per heavy atom. The van der Waals surface area contributed by atoms with Gasteiger partial charge < -0.3 is 16.0 Å². The molecule has 2 heterocycles. The lowest BCUT2D eigenvalue weighted by molar-refractivity contribution is -0.116. The van der Waals surface area contributed by atoms with Crippen molar-refractivity contribution in [3.8, 4) is 0 Å². The highest BCUT2D eigenvalue weighted by molar-refractivity contribution is 6.33. The van der Waals surface area contributed by atoms with Gasteiger partial charge in [-0.25, -0.2) is 0 Å². The van der Waals surface area contributed by atoms with Crippen molar-refractivity contribution in [2.75, 3.05) is 23.3 Å². The van der Waals surface area contributed by atoms with Gasteiger partial charge in [0, 0.05) is 24.3 Å². The zero-order valence-corrected chi connectivity index (χ0v) is 10.1. The first-order chi connectivity index (χ1) is 8.16. The molecular weight excluding hydrogens is 238 g/mol. The minimum atomic E-state index is -0.588. The van der Waals surface area contributed by atoms with E-state index in [9.17, 15) is 4.79 Å². The molecule has 0 saturated carbocycles. The van der Waals surface area contributed by atoms with Crippen molar-refractivity contribution in [2.24, 2.45) is 5.73 Å². The summed E-state index contributed by atoms with van der Waals surface area (Å²) >= 11 is 6.26. The van der Waals surface area contributed by atoms with Crippen LogP contribution in [0.25, 0.3) is 0 Å². The maximum absolute atomic E-state index is 11.5. The Morgan fingerprint density at radius 3 is 2.76 bits per heavy atom. The number of rotatable bonds is 1. The summed E-state index contributed by atoms with van der Waals surface area (Å²) in [7, 11) is 0. The minimum Gasteiger partial charge on any atom is -0.370 e. The van der Waals surface area contributed by atoms with Crippen LogP contribution in [0.3, 0.4) is 0 Å². The number of amides is 1. The van der Waals surface area contributed by atoms with Crippen molar-refractivity contribution < 1.29 is 4.79 Å². The van der Waals surface area contributed by atoms with Gasteiger partial charge in [-0.3, -0.25) is 4.79 Å². The molecule has 1 aromatic carbocycles. The highest BCUT2D eigenvalue weighted by atomic mass is 35.5. The molecule has 3 rings (SSSR count). The summed E-state index contributed by atoms with van der Waals surface area (Å²) in [6.45, 7) is 2.05. The van der Waals surface area contributed by atoms with Gasteiger partial charge in [0.2, 0.25) is 5.91 Å². The molecule has 17 heavy (non-hydrogen) atoms. The van der Waals surface area contributed by atoms with Gasteiger partial charge in [-0.1, -0.05) is 11.6 Å². The van der Waals surface area contributed by atoms with E-state index in [0.717, 1.165) is 30.0 Å². The molecule has 0 radical (unpaired) electrons. The molecule has 0 spiro atoms. The third kappa shape index (κ3) is 1.68. The summed E-state index contributed by atoms with van der Waals surface area (Å²) < 4.78 is 0. The van der Waals surface area contributed by atoms with Crippen LogP contribution in [0.2, 0.25) is 5.02 Å². The molecule has 0 aromatic heterocycles. The molecule has 3 N–H and O–H groups in total. The van der Waals surface area contributed by atoms with Crippen LogP contribution in [0.4, 0.5) is 11.4 Å². The average molecular weight is 252 g/mol. The molecule has 2 aliphatic rings. The zero-order chi connectivity index (χ0) is 12.0. The number of nitrogens with zero attached hydrogens (tertiary/aromatic N) is 1. The zero-order valence-electron chi connectivity index (χ0n) is 9.37. The number of fused-ring (bicyclic) bond motifs is 1. The van der Waals surface area contributed by atoms with Gasteiger partial charge in [-0.15, -0.1) is 0 Å². The smallest absolute Gasteiger partial charge is 0.245 e. The molecule has 1 saturated heterocycles. The second-order valence-electron chi connectivity index (χ2n) is 4.55. The Balaban J connectivity index is 2.03. The second-order valence-corrected chi connectivity index (χ2v) is 4.96. The van der Waals surface area contributed by atoms with Crippen LogP contribution in [0.15, 0.2) is 12.1 Å². The number of halogens is 1. The first-order valence-electron chi connectivity index (χ1n) is 5.81. The van der Waals surface area contributed by atoms with Crippen LogP contribution in [-0.2, 0) is 4.79 Å². The summed E-state index contributed by atoms with van der Waals surface area (Å²) in [5, 5.41) is 3.47. The summed E-state index contributed by atoms with van der Waals surface area (Å²) in [5.41, 5.74) is 8.37. The van der Waals surface area contributed by atoms with Crippen LogP contribution in [0.1, 0.15) is 24.4 Å². The van der Waals surface area contributed by atoms with Crippen LogP contribution in [0, 0.1) is 0 Å². The molecule has 90 valence electrons. The topological polar surface area (TPSA) is 58.4 Å². The largest absolute Gasteiger partial charge is 0.370 e. The number of nitrogens with one attached hydrogen (secondary N) is 1. The maximum Gasteiger partial charge on any atom is 0.245 e. The van der Waals surface area contributed by atoms with Crippen molar-refractivity contribution in [1.29, 1.82) is 0 Å². The van der Waals surface area contributed by atoms with Gasteiger partial charge >= 0.3 is 0 Å². The number of nitrogens with two attached hydrogens (primary N) is 1. The maximum atomic E-state index is 11.5. The number of benzene rings is 1. The van der Waals surface area contributed by atoms with Crippen LogP contribution >= 0.6 is 11.6 Å². The van der Waals surface area contributed by atoms with Gasteiger partial charge in [0.15, 0.2) is 0 Å². The first kappa shape index (κ1) is 10.9. The van der Waals surface area contributed by atoms with Crippen molar-refractivity contribution in [1.82, 2.24) is 0 Å². The molecule has 1 amide bonds. The van der Waals surface area contributed by atoms with E-state index < -0.39 is 6.04 Å². The van der Waals surface area contributed by atoms with Gasteiger partial charge in [0.25, 0.3) is 0 Å². The third-order valence-corrected chi connectivity index (χ3v) is 3.74. The summed E-state index contributed by atoms with van der Waals surface area (Å²) in [5.74, 6) is -0.158. The number of hydrogen-bond acceptors (Lipinski definition) is 3. The van der Waals surface area contributed by atoms with Crippen molar-refractivity contribution >= 4 is 28.9 Å². The van der Waals surface area contributed by atoms with Crippen molar-refractivity contribution in [2.45, 2.75) is 18.9 Å². The third-order valence-electron chi connectivity index (χ3n) is 3.44. The lowest BCUT2D eigenvalue weighted by Crippen LogP contribution is -2.19. The fourth-order valence-corrected chi connectivity index (χ4v) is 2.79. The van der Waals surface area contributed by atoms with Gasteiger partial charge in [-0.2, -0.15) is 0 Å². The number of hydrogen-bond donors (Lipinski definition) is 2. The first-order valence-corrected chi connectivity index (χ1v) is 6.19. The van der Waals surface area contributed by atoms with E-state index in [4.69, 9.17) is 17.3 Å². The molecule has 1 unspecified atom stereocenters. The highest BCUT2D eigenvalue weighted by Crippen LogP contribution is 2.38. The molecular formula is C12H14ClN3O. The van der Waals surface area contributed by atoms with Crippen molar-refractivity contribution in [3.63, 3.8) is 0 Å². The molecule has 0 aliphatic carbocycles. The van der Waals surface area contributed by atoms with Crippen molar-refractivity contribution in [3.05, 3.63) is 22.7 Å². The molecule has 0 bridgehead atoms. The Bertz CT molecular complexity index is 483. The van der Waals surface area contributed by atoms with E-state index in [2.05, 4.69) is 10.2 Å². The van der Waals surface area contributed by atoms with Crippen LogP contribution < -0.4 is 16.0 Å². The quantitative estimate of drug-likeness (QED) is 0.801. The standard InChI is InChI=1S/C12H14ClN3O/c13-8-5-7-9(15-12(17)11(7)14)6-10(8)16-3-1-2-4-16/h5-6,11H,1-4,14H2,(H,15,17). The van der Waals surface area contributed by atoms with E-state index in [-0.39, 0.29) is 5.91 Å². The molecule has 1 atom stereocenters. The Kier molecular flexibility index (Phi) is 2.49. The van der Waals surface area contributed by atoms with E-state index in [1.54, 1.807) is 0 Å². The summed E-state index contributed by atoms with van der Waals surface area (Å²) in [4.78, 5) is 13.7. The normalized spacial score (nSPS) is 22.8. The molecule has 4 nitrogen and oxygen atoms in total. The number of carbonyl (C=O) groups excluding carboxylic acids is 1. The highest BCUT2D eigenvalue weighted by Gasteiger charge is 2.29. The van der Waals surface area contributed by atoms with E-state index in [1.165, 1.54) is 12.8 Å². The van der Waals surface area contributed by atoms with E-state index in [0.29, 0.717) is 5.02 Å². The predicted octanol–water partition coefficient (Wildman–Crippen LogP) is 1.89. The monoisotopic (exact) mass is 251 g/mol. The molecule has 1 fully saturated rings. The Morgan fingerprint density at radius 1 is 1.35 bits per heavy atom. The van der Waals surface area contributed by atoms with Crippen LogP contribution in [-0.4, -0.2) is 19.0 Å². The predicted molar refractivity (Wildman–Crippen MR) is 68.5 cm³/mol. The minimum absolute atomic E-state index is 0.158. The molecule has 5 heteroatoms. The Labute approximate surface area is 105 Å². The lowest BCUT2D eigenvalue weighted by atomic mass is 10.1. The van der Waals surface area contributed by atoms with E-state index in [1.807, 2.05) is 12.1 Å². The average Bonchev–Trinajstić information content (AvgIpc) is 2.90. The molecule has 2 aliphatic heterocycles. The Hall–Kier alpha value is -1.26. The number of carbonyl (C=O) groups is 1. The number of anilines is 2. The second kappa shape index (κ2) is 3.89. The van der Waals surface area contributed by atoms with Crippen LogP contribution in [0.5, 0.6) is 0 Å². The van der Waals surface area contributed by atoms with E-state index >= 15 is 0 Å². The summed E-state index contributed by atoms with van der Waals surface area (Å²) in [6, 6.07) is 3.16. The fourth-order valence-electron chi connectivity index (χ4n) is 2.49. The van der Waals surface area contributed by atoms with Gasteiger partial charge in [-0.05, 0) is 25.0 Å². The fraction of sp³-hybridized carbons (Fsp3) is 0.417. The van der Waals surface area contributed by atoms with Gasteiger partial charge in [0.05, 0.1) is 10.7 Å². The molecule has 1 aromatic rings. The lowest BCUT2D eigenvalue weighted by Gasteiger charge is -2.20.